The third kappa shape index (κ3) is 3.94. The van der Waals surface area contributed by atoms with Crippen molar-refractivity contribution in [2.24, 2.45) is 0 Å². The maximum absolute atomic E-state index is 6.39. The molecule has 106 valence electrons. The molecule has 3 heteroatoms. The Kier molecular flexibility index (Phi) is 5.93. The summed E-state index contributed by atoms with van der Waals surface area (Å²) in [7, 11) is 1.83. The number of hydrogen-bond acceptors (Lipinski definition) is 3. The first-order valence-electron chi connectivity index (χ1n) is 7.75. The molecule has 0 aromatic rings. The third-order valence-electron chi connectivity index (χ3n) is 4.45. The molecular weight excluding hydrogens is 226 g/mol. The van der Waals surface area contributed by atoms with Crippen molar-refractivity contribution < 1.29 is 9.47 Å². The van der Waals surface area contributed by atoms with Crippen LogP contribution in [0.5, 0.6) is 0 Å². The van der Waals surface area contributed by atoms with Crippen molar-refractivity contribution in [2.75, 3.05) is 13.7 Å². The Morgan fingerprint density at radius 2 is 1.78 bits per heavy atom. The van der Waals surface area contributed by atoms with Crippen LogP contribution in [0.25, 0.3) is 0 Å². The van der Waals surface area contributed by atoms with Crippen LogP contribution in [0.15, 0.2) is 0 Å². The van der Waals surface area contributed by atoms with Crippen LogP contribution in [0.2, 0.25) is 0 Å². The van der Waals surface area contributed by atoms with E-state index in [9.17, 15) is 0 Å². The minimum atomic E-state index is 0.421. The van der Waals surface area contributed by atoms with Crippen molar-refractivity contribution in [2.45, 2.75) is 82.6 Å². The van der Waals surface area contributed by atoms with Crippen LogP contribution >= 0.6 is 0 Å². The van der Waals surface area contributed by atoms with Crippen LogP contribution in [-0.2, 0) is 9.47 Å². The predicted molar refractivity (Wildman–Crippen MR) is 73.9 cm³/mol. The van der Waals surface area contributed by atoms with Crippen LogP contribution in [0.1, 0.15) is 58.3 Å². The van der Waals surface area contributed by atoms with E-state index in [2.05, 4.69) is 12.2 Å². The van der Waals surface area contributed by atoms with E-state index in [4.69, 9.17) is 9.47 Å². The van der Waals surface area contributed by atoms with Gasteiger partial charge in [0.25, 0.3) is 0 Å². The van der Waals surface area contributed by atoms with E-state index in [0.717, 1.165) is 13.0 Å². The lowest BCUT2D eigenvalue weighted by atomic mass is 9.90. The summed E-state index contributed by atoms with van der Waals surface area (Å²) in [5, 5.41) is 3.59. The topological polar surface area (TPSA) is 30.5 Å². The van der Waals surface area contributed by atoms with Crippen LogP contribution in [-0.4, -0.2) is 38.0 Å². The van der Waals surface area contributed by atoms with Gasteiger partial charge in [0.05, 0.1) is 18.3 Å². The molecule has 2 rings (SSSR count). The number of nitrogens with one attached hydrogen (secondary N) is 1. The molecule has 4 atom stereocenters. The van der Waals surface area contributed by atoms with Crippen molar-refractivity contribution in [1.82, 2.24) is 5.32 Å². The first-order chi connectivity index (χ1) is 8.83. The Balaban J connectivity index is 1.82. The molecule has 4 unspecified atom stereocenters. The smallest absolute Gasteiger partial charge is 0.0731 e. The molecule has 0 bridgehead atoms. The Bertz CT molecular complexity index is 233. The molecule has 0 spiro atoms. The van der Waals surface area contributed by atoms with Crippen molar-refractivity contribution in [3.05, 3.63) is 0 Å². The molecule has 1 N–H and O–H groups in total. The summed E-state index contributed by atoms with van der Waals surface area (Å²) in [6.07, 6.45) is 11.2. The van der Waals surface area contributed by atoms with E-state index >= 15 is 0 Å². The van der Waals surface area contributed by atoms with Gasteiger partial charge in [0, 0.05) is 13.2 Å². The number of likely N-dealkylation sites (N-methyl/N-ethyl adjacent to an activating group) is 1. The number of ether oxygens (including phenoxy) is 2. The second-order valence-corrected chi connectivity index (χ2v) is 5.77. The average Bonchev–Trinajstić information content (AvgIpc) is 2.41. The Labute approximate surface area is 112 Å². The lowest BCUT2D eigenvalue weighted by Crippen LogP contribution is -2.45. The fourth-order valence-electron chi connectivity index (χ4n) is 3.44. The molecule has 0 radical (unpaired) electrons. The molecule has 0 amide bonds. The van der Waals surface area contributed by atoms with Gasteiger partial charge in [-0.25, -0.2) is 0 Å². The highest BCUT2D eigenvalue weighted by atomic mass is 16.5. The summed E-state index contributed by atoms with van der Waals surface area (Å²) in [5.74, 6) is 0. The van der Waals surface area contributed by atoms with Crippen molar-refractivity contribution in [1.29, 1.82) is 0 Å². The van der Waals surface area contributed by atoms with Crippen molar-refractivity contribution in [3.63, 3.8) is 0 Å². The summed E-state index contributed by atoms with van der Waals surface area (Å²) in [6.45, 7) is 3.24. The monoisotopic (exact) mass is 255 g/mol. The highest BCUT2D eigenvalue weighted by Gasteiger charge is 2.30. The van der Waals surface area contributed by atoms with E-state index in [1.54, 1.807) is 0 Å². The van der Waals surface area contributed by atoms with Gasteiger partial charge >= 0.3 is 0 Å². The summed E-state index contributed by atoms with van der Waals surface area (Å²) >= 11 is 0. The summed E-state index contributed by atoms with van der Waals surface area (Å²) < 4.78 is 11.9. The molecule has 0 aromatic carbocycles. The number of hydrogen-bond donors (Lipinski definition) is 1. The van der Waals surface area contributed by atoms with Gasteiger partial charge in [-0.3, -0.25) is 0 Å². The number of methoxy groups -OCH3 is 1. The highest BCUT2D eigenvalue weighted by molar-refractivity contribution is 4.84. The van der Waals surface area contributed by atoms with Crippen molar-refractivity contribution >= 4 is 0 Å². The molecule has 2 aliphatic carbocycles. The van der Waals surface area contributed by atoms with E-state index in [1.807, 2.05) is 7.11 Å². The average molecular weight is 255 g/mol. The molecule has 2 fully saturated rings. The van der Waals surface area contributed by atoms with Crippen LogP contribution in [0.3, 0.4) is 0 Å². The summed E-state index contributed by atoms with van der Waals surface area (Å²) in [6, 6.07) is 0.576. The molecule has 2 aliphatic rings. The van der Waals surface area contributed by atoms with Crippen molar-refractivity contribution in [3.8, 4) is 0 Å². The van der Waals surface area contributed by atoms with Gasteiger partial charge in [0.2, 0.25) is 0 Å². The molecule has 0 aliphatic heterocycles. The third-order valence-corrected chi connectivity index (χ3v) is 4.45. The van der Waals surface area contributed by atoms with E-state index in [1.165, 1.54) is 44.9 Å². The second kappa shape index (κ2) is 7.46. The fraction of sp³-hybridized carbons (Fsp3) is 1.00. The van der Waals surface area contributed by atoms with Gasteiger partial charge in [0.1, 0.15) is 0 Å². The highest BCUT2D eigenvalue weighted by Crippen LogP contribution is 2.28. The molecular formula is C15H29NO2. The van der Waals surface area contributed by atoms with Crippen LogP contribution in [0.4, 0.5) is 0 Å². The van der Waals surface area contributed by atoms with Gasteiger partial charge in [0.15, 0.2) is 0 Å². The predicted octanol–water partition coefficient (Wildman–Crippen LogP) is 2.88. The Hall–Kier alpha value is -0.120. The zero-order valence-electron chi connectivity index (χ0n) is 12.0. The molecule has 0 aromatic heterocycles. The van der Waals surface area contributed by atoms with Crippen LogP contribution < -0.4 is 5.32 Å². The van der Waals surface area contributed by atoms with Gasteiger partial charge in [-0.05, 0) is 45.1 Å². The number of rotatable bonds is 5. The minimum absolute atomic E-state index is 0.421. The minimum Gasteiger partial charge on any atom is -0.381 e. The van der Waals surface area contributed by atoms with Gasteiger partial charge in [-0.1, -0.05) is 19.8 Å². The molecule has 0 saturated heterocycles. The standard InChI is InChI=1S/C15H29NO2/c1-3-16-14-9-4-5-10-15(14)18-13-8-6-7-12(11-13)17-2/h12-16H,3-11H2,1-2H3. The Morgan fingerprint density at radius 1 is 1.00 bits per heavy atom. The lowest BCUT2D eigenvalue weighted by Gasteiger charge is -2.37. The van der Waals surface area contributed by atoms with Crippen LogP contribution in [0, 0.1) is 0 Å². The maximum atomic E-state index is 6.39. The maximum Gasteiger partial charge on any atom is 0.0731 e. The van der Waals surface area contributed by atoms with E-state index < -0.39 is 0 Å². The Morgan fingerprint density at radius 3 is 2.56 bits per heavy atom. The molecule has 18 heavy (non-hydrogen) atoms. The SMILES string of the molecule is CCNC1CCCCC1OC1CCCC(OC)C1. The van der Waals surface area contributed by atoms with Gasteiger partial charge < -0.3 is 14.8 Å². The first-order valence-corrected chi connectivity index (χ1v) is 7.75. The first kappa shape index (κ1) is 14.3. The summed E-state index contributed by atoms with van der Waals surface area (Å²) in [5.41, 5.74) is 0. The van der Waals surface area contributed by atoms with E-state index in [-0.39, 0.29) is 0 Å². The quantitative estimate of drug-likeness (QED) is 0.819. The zero-order chi connectivity index (χ0) is 12.8. The molecule has 0 heterocycles. The lowest BCUT2D eigenvalue weighted by molar-refractivity contribution is -0.0852. The summed E-state index contributed by atoms with van der Waals surface area (Å²) in [4.78, 5) is 0. The van der Waals surface area contributed by atoms with Gasteiger partial charge in [-0.2, -0.15) is 0 Å². The molecule has 2 saturated carbocycles. The normalized spacial score (nSPS) is 37.7. The largest absolute Gasteiger partial charge is 0.381 e. The zero-order valence-corrected chi connectivity index (χ0v) is 12.0. The fourth-order valence-corrected chi connectivity index (χ4v) is 3.44. The van der Waals surface area contributed by atoms with E-state index in [0.29, 0.717) is 24.4 Å². The molecule has 3 nitrogen and oxygen atoms in total. The van der Waals surface area contributed by atoms with Gasteiger partial charge in [-0.15, -0.1) is 0 Å². The second-order valence-electron chi connectivity index (χ2n) is 5.77.